The maximum atomic E-state index is 13.5. The number of benzene rings is 2. The van der Waals surface area contributed by atoms with Crippen LogP contribution in [0.5, 0.6) is 0 Å². The van der Waals surface area contributed by atoms with E-state index in [0.717, 1.165) is 24.2 Å². The highest BCUT2D eigenvalue weighted by Gasteiger charge is 2.29. The molecule has 3 nitrogen and oxygen atoms in total. The maximum Gasteiger partial charge on any atom is 0.227 e. The fourth-order valence-corrected chi connectivity index (χ4v) is 2.14. The van der Waals surface area contributed by atoms with E-state index in [2.05, 4.69) is 10.6 Å². The van der Waals surface area contributed by atoms with Crippen molar-refractivity contribution in [1.29, 1.82) is 0 Å². The molecule has 1 aliphatic rings. The predicted molar refractivity (Wildman–Crippen MR) is 81.5 cm³/mol. The quantitative estimate of drug-likeness (QED) is 0.877. The van der Waals surface area contributed by atoms with E-state index < -0.39 is 0 Å². The third-order valence-electron chi connectivity index (χ3n) is 3.52. The van der Waals surface area contributed by atoms with Crippen molar-refractivity contribution >= 4 is 17.3 Å². The van der Waals surface area contributed by atoms with Crippen molar-refractivity contribution in [2.75, 3.05) is 10.6 Å². The van der Waals surface area contributed by atoms with Gasteiger partial charge in [0.2, 0.25) is 5.91 Å². The van der Waals surface area contributed by atoms with Gasteiger partial charge in [-0.1, -0.05) is 24.3 Å². The van der Waals surface area contributed by atoms with E-state index in [-0.39, 0.29) is 17.6 Å². The largest absolute Gasteiger partial charge is 0.381 e. The summed E-state index contributed by atoms with van der Waals surface area (Å²) in [5, 5.41) is 6.07. The zero-order valence-electron chi connectivity index (χ0n) is 11.6. The monoisotopic (exact) mass is 284 g/mol. The van der Waals surface area contributed by atoms with Crippen LogP contribution in [-0.2, 0) is 11.3 Å². The predicted octanol–water partition coefficient (Wildman–Crippen LogP) is 3.79. The summed E-state index contributed by atoms with van der Waals surface area (Å²) < 4.78 is 13.5. The number of hydrogen-bond donors (Lipinski definition) is 2. The molecule has 2 aromatic carbocycles. The van der Waals surface area contributed by atoms with Gasteiger partial charge in [-0.2, -0.15) is 0 Å². The topological polar surface area (TPSA) is 41.1 Å². The number of anilines is 2. The second-order valence-corrected chi connectivity index (χ2v) is 5.29. The molecular formula is C17H17FN2O. The summed E-state index contributed by atoms with van der Waals surface area (Å²) in [6.45, 7) is 0.409. The fourth-order valence-electron chi connectivity index (χ4n) is 2.14. The van der Waals surface area contributed by atoms with Gasteiger partial charge in [0.15, 0.2) is 0 Å². The van der Waals surface area contributed by atoms with Crippen molar-refractivity contribution in [2.24, 2.45) is 5.92 Å². The molecule has 0 radical (unpaired) electrons. The highest BCUT2D eigenvalue weighted by Crippen LogP contribution is 2.30. The molecule has 3 rings (SSSR count). The van der Waals surface area contributed by atoms with E-state index in [1.807, 2.05) is 30.3 Å². The van der Waals surface area contributed by atoms with Crippen molar-refractivity contribution in [3.8, 4) is 0 Å². The summed E-state index contributed by atoms with van der Waals surface area (Å²) in [6.07, 6.45) is 1.97. The number of amides is 1. The third kappa shape index (κ3) is 3.60. The summed E-state index contributed by atoms with van der Waals surface area (Å²) in [4.78, 5) is 11.7. The highest BCUT2D eigenvalue weighted by atomic mass is 19.1. The first-order chi connectivity index (χ1) is 10.2. The van der Waals surface area contributed by atoms with Gasteiger partial charge >= 0.3 is 0 Å². The van der Waals surface area contributed by atoms with Crippen LogP contribution in [-0.4, -0.2) is 5.91 Å². The molecule has 2 N–H and O–H groups in total. The molecule has 21 heavy (non-hydrogen) atoms. The smallest absolute Gasteiger partial charge is 0.227 e. The molecular weight excluding hydrogens is 267 g/mol. The van der Waals surface area contributed by atoms with Crippen LogP contribution >= 0.6 is 0 Å². The average Bonchev–Trinajstić information content (AvgIpc) is 3.31. The number of rotatable bonds is 5. The third-order valence-corrected chi connectivity index (χ3v) is 3.52. The second-order valence-electron chi connectivity index (χ2n) is 5.29. The Bertz CT molecular complexity index is 653. The molecule has 0 spiro atoms. The summed E-state index contributed by atoms with van der Waals surface area (Å²) in [5.41, 5.74) is 2.24. The number of nitrogens with one attached hydrogen (secondary N) is 2. The molecule has 1 amide bonds. The first-order valence-corrected chi connectivity index (χ1v) is 7.10. The van der Waals surface area contributed by atoms with E-state index in [1.54, 1.807) is 12.1 Å². The molecule has 0 bridgehead atoms. The van der Waals surface area contributed by atoms with Crippen LogP contribution in [0, 0.1) is 11.7 Å². The molecule has 4 heteroatoms. The number of hydrogen-bond acceptors (Lipinski definition) is 2. The van der Waals surface area contributed by atoms with Gasteiger partial charge in [-0.15, -0.1) is 0 Å². The Morgan fingerprint density at radius 1 is 1.10 bits per heavy atom. The maximum absolute atomic E-state index is 13.5. The lowest BCUT2D eigenvalue weighted by molar-refractivity contribution is -0.117. The molecule has 0 aromatic heterocycles. The van der Waals surface area contributed by atoms with Crippen LogP contribution in [0.1, 0.15) is 18.4 Å². The van der Waals surface area contributed by atoms with Gasteiger partial charge in [-0.25, -0.2) is 4.39 Å². The zero-order valence-corrected chi connectivity index (χ0v) is 11.6. The van der Waals surface area contributed by atoms with E-state index in [4.69, 9.17) is 0 Å². The molecule has 0 atom stereocenters. The summed E-state index contributed by atoms with van der Waals surface area (Å²) in [5.74, 6) is 0.0458. The highest BCUT2D eigenvalue weighted by molar-refractivity contribution is 5.94. The Balaban J connectivity index is 1.63. The van der Waals surface area contributed by atoms with Crippen LogP contribution in [0.25, 0.3) is 0 Å². The van der Waals surface area contributed by atoms with Crippen LogP contribution in [0.4, 0.5) is 15.8 Å². The Kier molecular flexibility index (Phi) is 3.86. The summed E-state index contributed by atoms with van der Waals surface area (Å²) >= 11 is 0. The SMILES string of the molecule is O=C(Nc1cccc(NCc2ccccc2F)c1)C1CC1. The lowest BCUT2D eigenvalue weighted by Crippen LogP contribution is -2.13. The molecule has 2 aromatic rings. The minimum atomic E-state index is -0.219. The molecule has 0 unspecified atom stereocenters. The Morgan fingerprint density at radius 2 is 1.86 bits per heavy atom. The summed E-state index contributed by atoms with van der Waals surface area (Å²) in [6, 6.07) is 14.2. The van der Waals surface area contributed by atoms with Gasteiger partial charge in [0.25, 0.3) is 0 Å². The number of carbonyl (C=O) groups excluding carboxylic acids is 1. The number of halogens is 1. The van der Waals surface area contributed by atoms with Gasteiger partial charge in [-0.3, -0.25) is 4.79 Å². The Morgan fingerprint density at radius 3 is 2.62 bits per heavy atom. The lowest BCUT2D eigenvalue weighted by Gasteiger charge is -2.10. The first-order valence-electron chi connectivity index (χ1n) is 7.10. The second kappa shape index (κ2) is 5.95. The molecule has 108 valence electrons. The van der Waals surface area contributed by atoms with E-state index in [9.17, 15) is 9.18 Å². The average molecular weight is 284 g/mol. The van der Waals surface area contributed by atoms with Gasteiger partial charge < -0.3 is 10.6 Å². The van der Waals surface area contributed by atoms with Crippen LogP contribution in [0.15, 0.2) is 48.5 Å². The van der Waals surface area contributed by atoms with E-state index in [0.29, 0.717) is 12.1 Å². The molecule has 0 aliphatic heterocycles. The molecule has 0 heterocycles. The normalized spacial score (nSPS) is 13.8. The molecule has 1 saturated carbocycles. The molecule has 1 aliphatic carbocycles. The van der Waals surface area contributed by atoms with Gasteiger partial charge in [0.05, 0.1) is 0 Å². The van der Waals surface area contributed by atoms with Crippen molar-refractivity contribution in [1.82, 2.24) is 0 Å². The minimum absolute atomic E-state index is 0.0845. The van der Waals surface area contributed by atoms with Crippen LogP contribution < -0.4 is 10.6 Å². The van der Waals surface area contributed by atoms with Crippen LogP contribution in [0.3, 0.4) is 0 Å². The molecule has 0 saturated heterocycles. The Labute approximate surface area is 123 Å². The number of carbonyl (C=O) groups is 1. The van der Waals surface area contributed by atoms with Crippen LogP contribution in [0.2, 0.25) is 0 Å². The van der Waals surface area contributed by atoms with Crippen molar-refractivity contribution in [3.63, 3.8) is 0 Å². The first kappa shape index (κ1) is 13.6. The van der Waals surface area contributed by atoms with E-state index in [1.165, 1.54) is 6.07 Å². The van der Waals surface area contributed by atoms with Gasteiger partial charge in [0, 0.05) is 29.4 Å². The zero-order chi connectivity index (χ0) is 14.7. The van der Waals surface area contributed by atoms with Gasteiger partial charge in [0.1, 0.15) is 5.82 Å². The fraction of sp³-hybridized carbons (Fsp3) is 0.235. The summed E-state index contributed by atoms with van der Waals surface area (Å²) in [7, 11) is 0. The van der Waals surface area contributed by atoms with E-state index >= 15 is 0 Å². The van der Waals surface area contributed by atoms with Gasteiger partial charge in [-0.05, 0) is 37.1 Å². The van der Waals surface area contributed by atoms with Crippen molar-refractivity contribution < 1.29 is 9.18 Å². The van der Waals surface area contributed by atoms with Crippen molar-refractivity contribution in [2.45, 2.75) is 19.4 Å². The minimum Gasteiger partial charge on any atom is -0.381 e. The lowest BCUT2D eigenvalue weighted by atomic mass is 10.2. The molecule has 1 fully saturated rings. The van der Waals surface area contributed by atoms with Crippen molar-refractivity contribution in [3.05, 3.63) is 59.9 Å². The standard InChI is InChI=1S/C17H17FN2O/c18-16-7-2-1-4-13(16)11-19-14-5-3-6-15(10-14)20-17(21)12-8-9-12/h1-7,10,12,19H,8-9,11H2,(H,20,21). The Hall–Kier alpha value is -2.36.